The van der Waals surface area contributed by atoms with Gasteiger partial charge in [0, 0.05) is 0 Å². The Kier molecular flexibility index (Phi) is 4.95. The summed E-state index contributed by atoms with van der Waals surface area (Å²) < 4.78 is 0. The van der Waals surface area contributed by atoms with Crippen LogP contribution in [-0.2, 0) is 0 Å². The minimum Gasteiger partial charge on any atom is -0.306 e. The zero-order valence-corrected chi connectivity index (χ0v) is 11.0. The Bertz CT molecular complexity index is 372. The average molecular weight is 230 g/mol. The SMILES string of the molecule is C=CCN/N=C(/CC(C)(C)C)c1ccccc1. The number of rotatable bonds is 5. The highest BCUT2D eigenvalue weighted by molar-refractivity contribution is 6.00. The van der Waals surface area contributed by atoms with Crippen molar-refractivity contribution in [2.45, 2.75) is 27.2 Å². The molecule has 2 heteroatoms. The summed E-state index contributed by atoms with van der Waals surface area (Å²) in [5, 5.41) is 4.46. The maximum atomic E-state index is 4.46. The van der Waals surface area contributed by atoms with Crippen LogP contribution in [0.2, 0.25) is 0 Å². The Morgan fingerprint density at radius 2 is 1.94 bits per heavy atom. The smallest absolute Gasteiger partial charge is 0.0680 e. The summed E-state index contributed by atoms with van der Waals surface area (Å²) in [5.74, 6) is 0. The molecule has 0 aromatic heterocycles. The van der Waals surface area contributed by atoms with E-state index in [-0.39, 0.29) is 5.41 Å². The van der Waals surface area contributed by atoms with E-state index < -0.39 is 0 Å². The number of hydrazone groups is 1. The highest BCUT2D eigenvalue weighted by Gasteiger charge is 2.15. The third-order valence-electron chi connectivity index (χ3n) is 2.25. The molecule has 0 bridgehead atoms. The molecule has 0 aliphatic rings. The molecular formula is C15H22N2. The zero-order valence-electron chi connectivity index (χ0n) is 11.0. The van der Waals surface area contributed by atoms with Crippen molar-refractivity contribution in [3.05, 3.63) is 48.6 Å². The topological polar surface area (TPSA) is 24.4 Å². The first kappa shape index (κ1) is 13.5. The van der Waals surface area contributed by atoms with Gasteiger partial charge in [0.2, 0.25) is 0 Å². The first-order chi connectivity index (χ1) is 8.03. The van der Waals surface area contributed by atoms with Crippen molar-refractivity contribution < 1.29 is 0 Å². The summed E-state index contributed by atoms with van der Waals surface area (Å²) in [4.78, 5) is 0. The Morgan fingerprint density at radius 1 is 1.29 bits per heavy atom. The van der Waals surface area contributed by atoms with Gasteiger partial charge in [-0.05, 0) is 17.4 Å². The van der Waals surface area contributed by atoms with E-state index in [2.05, 4.69) is 50.0 Å². The number of hydrogen-bond acceptors (Lipinski definition) is 2. The van der Waals surface area contributed by atoms with Crippen molar-refractivity contribution in [1.82, 2.24) is 5.43 Å². The van der Waals surface area contributed by atoms with Crippen molar-refractivity contribution in [3.63, 3.8) is 0 Å². The zero-order chi connectivity index (χ0) is 12.7. The van der Waals surface area contributed by atoms with Crippen molar-refractivity contribution in [2.75, 3.05) is 6.54 Å². The van der Waals surface area contributed by atoms with Crippen LogP contribution in [0.1, 0.15) is 32.8 Å². The normalized spacial score (nSPS) is 12.3. The molecule has 0 aliphatic carbocycles. The van der Waals surface area contributed by atoms with Crippen LogP contribution in [0.4, 0.5) is 0 Å². The van der Waals surface area contributed by atoms with Crippen molar-refractivity contribution in [2.24, 2.45) is 10.5 Å². The molecule has 0 saturated carbocycles. The van der Waals surface area contributed by atoms with E-state index in [9.17, 15) is 0 Å². The molecule has 0 spiro atoms. The van der Waals surface area contributed by atoms with Crippen LogP contribution in [0.5, 0.6) is 0 Å². The van der Waals surface area contributed by atoms with Crippen molar-refractivity contribution >= 4 is 5.71 Å². The van der Waals surface area contributed by atoms with Crippen LogP contribution in [0.25, 0.3) is 0 Å². The standard InChI is InChI=1S/C15H22N2/c1-5-11-16-17-14(12-15(2,3)4)13-9-7-6-8-10-13/h5-10,16H,1,11-12H2,2-4H3/b17-14-. The summed E-state index contributed by atoms with van der Waals surface area (Å²) in [6.07, 6.45) is 2.75. The third-order valence-corrected chi connectivity index (χ3v) is 2.25. The van der Waals surface area contributed by atoms with Gasteiger partial charge >= 0.3 is 0 Å². The van der Waals surface area contributed by atoms with Crippen LogP contribution in [0, 0.1) is 5.41 Å². The molecule has 92 valence electrons. The molecule has 0 fully saturated rings. The summed E-state index contributed by atoms with van der Waals surface area (Å²) in [5.41, 5.74) is 5.53. The predicted molar refractivity (Wildman–Crippen MR) is 75.3 cm³/mol. The quantitative estimate of drug-likeness (QED) is 0.355. The summed E-state index contributed by atoms with van der Waals surface area (Å²) in [6, 6.07) is 10.3. The van der Waals surface area contributed by atoms with E-state index in [1.165, 1.54) is 5.56 Å². The number of hydrogen-bond donors (Lipinski definition) is 1. The molecule has 1 N–H and O–H groups in total. The van der Waals surface area contributed by atoms with Gasteiger partial charge in [0.15, 0.2) is 0 Å². The Morgan fingerprint density at radius 3 is 2.47 bits per heavy atom. The van der Waals surface area contributed by atoms with Crippen LogP contribution >= 0.6 is 0 Å². The minimum absolute atomic E-state index is 0.227. The largest absolute Gasteiger partial charge is 0.306 e. The van der Waals surface area contributed by atoms with Gasteiger partial charge in [-0.3, -0.25) is 0 Å². The van der Waals surface area contributed by atoms with Gasteiger partial charge in [0.05, 0.1) is 12.3 Å². The first-order valence-electron chi connectivity index (χ1n) is 5.99. The second-order valence-corrected chi connectivity index (χ2v) is 5.31. The maximum Gasteiger partial charge on any atom is 0.0680 e. The lowest BCUT2D eigenvalue weighted by molar-refractivity contribution is 0.433. The highest BCUT2D eigenvalue weighted by Crippen LogP contribution is 2.21. The molecule has 17 heavy (non-hydrogen) atoms. The van der Waals surface area contributed by atoms with E-state index in [1.807, 2.05) is 24.3 Å². The summed E-state index contributed by atoms with van der Waals surface area (Å²) in [7, 11) is 0. The molecule has 1 rings (SSSR count). The fourth-order valence-corrected chi connectivity index (χ4v) is 1.54. The van der Waals surface area contributed by atoms with E-state index in [0.717, 1.165) is 12.1 Å². The second kappa shape index (κ2) is 6.24. The molecule has 0 aliphatic heterocycles. The molecule has 2 nitrogen and oxygen atoms in total. The monoisotopic (exact) mass is 230 g/mol. The van der Waals surface area contributed by atoms with Crippen LogP contribution in [-0.4, -0.2) is 12.3 Å². The number of benzene rings is 1. The van der Waals surface area contributed by atoms with E-state index in [1.54, 1.807) is 0 Å². The molecule has 0 heterocycles. The van der Waals surface area contributed by atoms with Gasteiger partial charge in [-0.1, -0.05) is 57.2 Å². The minimum atomic E-state index is 0.227. The van der Waals surface area contributed by atoms with Gasteiger partial charge < -0.3 is 5.43 Å². The molecule has 1 aromatic carbocycles. The molecule has 1 aromatic rings. The Hall–Kier alpha value is -1.57. The van der Waals surface area contributed by atoms with Crippen molar-refractivity contribution in [1.29, 1.82) is 0 Å². The van der Waals surface area contributed by atoms with Gasteiger partial charge in [-0.2, -0.15) is 5.10 Å². The third kappa shape index (κ3) is 5.34. The predicted octanol–water partition coefficient (Wildman–Crippen LogP) is 3.60. The van der Waals surface area contributed by atoms with E-state index >= 15 is 0 Å². The Balaban J connectivity index is 2.86. The molecule has 0 unspecified atom stereocenters. The summed E-state index contributed by atoms with van der Waals surface area (Å²) >= 11 is 0. The summed E-state index contributed by atoms with van der Waals surface area (Å²) in [6.45, 7) is 11.0. The average Bonchev–Trinajstić information content (AvgIpc) is 2.28. The molecular weight excluding hydrogens is 208 g/mol. The van der Waals surface area contributed by atoms with E-state index in [4.69, 9.17) is 0 Å². The van der Waals surface area contributed by atoms with Gasteiger partial charge in [0.1, 0.15) is 0 Å². The van der Waals surface area contributed by atoms with Crippen LogP contribution in [0.3, 0.4) is 0 Å². The lowest BCUT2D eigenvalue weighted by Gasteiger charge is -2.19. The lowest BCUT2D eigenvalue weighted by Crippen LogP contribution is -2.18. The fourth-order valence-electron chi connectivity index (χ4n) is 1.54. The van der Waals surface area contributed by atoms with Gasteiger partial charge in [0.25, 0.3) is 0 Å². The molecule has 0 atom stereocenters. The molecule has 0 radical (unpaired) electrons. The van der Waals surface area contributed by atoms with Gasteiger partial charge in [-0.15, -0.1) is 6.58 Å². The highest BCUT2D eigenvalue weighted by atomic mass is 15.3. The molecule has 0 saturated heterocycles. The number of nitrogens with one attached hydrogen (secondary N) is 1. The first-order valence-corrected chi connectivity index (χ1v) is 5.99. The fraction of sp³-hybridized carbons (Fsp3) is 0.400. The number of nitrogens with zero attached hydrogens (tertiary/aromatic N) is 1. The Labute approximate surface area is 104 Å². The second-order valence-electron chi connectivity index (χ2n) is 5.31. The van der Waals surface area contributed by atoms with Crippen LogP contribution < -0.4 is 5.43 Å². The van der Waals surface area contributed by atoms with E-state index in [0.29, 0.717) is 6.54 Å². The lowest BCUT2D eigenvalue weighted by atomic mass is 9.87. The van der Waals surface area contributed by atoms with Gasteiger partial charge in [-0.25, -0.2) is 0 Å². The maximum absolute atomic E-state index is 4.46. The van der Waals surface area contributed by atoms with Crippen molar-refractivity contribution in [3.8, 4) is 0 Å². The molecule has 0 amide bonds. The van der Waals surface area contributed by atoms with Crippen LogP contribution in [0.15, 0.2) is 48.1 Å².